The van der Waals surface area contributed by atoms with Gasteiger partial charge in [-0.2, -0.15) is 0 Å². The van der Waals surface area contributed by atoms with Crippen molar-refractivity contribution in [3.63, 3.8) is 0 Å². The maximum Gasteiger partial charge on any atom is 0.280 e. The number of nitrogens with one attached hydrogen (secondary N) is 3. The van der Waals surface area contributed by atoms with Crippen LogP contribution in [-0.4, -0.2) is 94.7 Å². The number of benzene rings is 2. The van der Waals surface area contributed by atoms with Gasteiger partial charge in [-0.1, -0.05) is 80.3 Å². The van der Waals surface area contributed by atoms with E-state index in [9.17, 15) is 15.0 Å². The van der Waals surface area contributed by atoms with Crippen LogP contribution < -0.4 is 26.8 Å². The molecule has 1 saturated heterocycles. The third kappa shape index (κ3) is 13.5. The molecule has 15 heteroatoms. The Morgan fingerprint density at radius 3 is 2.58 bits per heavy atom. The van der Waals surface area contributed by atoms with Crippen molar-refractivity contribution in [2.24, 2.45) is 0 Å². The highest BCUT2D eigenvalue weighted by molar-refractivity contribution is 6.31. The average Bonchev–Trinajstić information content (AvgIpc) is 3.13. The lowest BCUT2D eigenvalue weighted by atomic mass is 10.0. The minimum absolute atomic E-state index is 0.0760. The summed E-state index contributed by atoms with van der Waals surface area (Å²) in [6, 6.07) is 17.6. The standard InChI is InChI=1S/C37H53ClN8O6/c1-2-3-4-10-19-46(23-27(47)22-30-29(48)24-51-36(52-30)26-12-6-5-7-13-26)20-21-50-28-16-14-25(15-17-28)11-8-9-18-42-37(41)45-35(49)31-33(39)44-34(40)32(38)43-31/h5-7,12-17,27,29-30,36,47-48H,2-4,8-11,18-24H2,1H3,(H4,39,40,44)(H3,41,42,45,49)/t27-,29-,30+,36?/m1/s1. The first kappa shape index (κ1) is 40.7. The molecule has 0 bridgehead atoms. The number of amides is 1. The van der Waals surface area contributed by atoms with Crippen LogP contribution in [0.15, 0.2) is 54.6 Å². The van der Waals surface area contributed by atoms with Crippen LogP contribution >= 0.6 is 11.6 Å². The predicted octanol–water partition coefficient (Wildman–Crippen LogP) is 4.06. The van der Waals surface area contributed by atoms with Gasteiger partial charge in [0.15, 0.2) is 34.7 Å². The number of nitrogen functional groups attached to an aromatic ring is 2. The van der Waals surface area contributed by atoms with E-state index in [1.54, 1.807) is 0 Å². The molecule has 3 aromatic rings. The summed E-state index contributed by atoms with van der Waals surface area (Å²) >= 11 is 5.83. The summed E-state index contributed by atoms with van der Waals surface area (Å²) in [5.41, 5.74) is 13.1. The van der Waals surface area contributed by atoms with Gasteiger partial charge in [0, 0.05) is 31.6 Å². The molecule has 284 valence electrons. The molecule has 4 rings (SSSR count). The van der Waals surface area contributed by atoms with E-state index in [4.69, 9.17) is 42.7 Å². The van der Waals surface area contributed by atoms with Crippen molar-refractivity contribution in [1.29, 1.82) is 5.41 Å². The first-order chi connectivity index (χ1) is 25.1. The molecule has 1 aliphatic heterocycles. The van der Waals surface area contributed by atoms with E-state index in [-0.39, 0.29) is 35.0 Å². The number of guanidine groups is 1. The molecule has 1 aromatic heterocycles. The third-order valence-corrected chi connectivity index (χ3v) is 8.95. The number of anilines is 2. The highest BCUT2D eigenvalue weighted by atomic mass is 35.5. The topological polar surface area (TPSA) is 214 Å². The van der Waals surface area contributed by atoms with Crippen molar-refractivity contribution >= 4 is 35.1 Å². The monoisotopic (exact) mass is 740 g/mol. The van der Waals surface area contributed by atoms with E-state index in [2.05, 4.69) is 32.4 Å². The van der Waals surface area contributed by atoms with E-state index >= 15 is 0 Å². The number of hydrogen-bond donors (Lipinski definition) is 7. The molecule has 2 heterocycles. The lowest BCUT2D eigenvalue weighted by Gasteiger charge is -2.36. The second kappa shape index (κ2) is 21.5. The minimum Gasteiger partial charge on any atom is -0.492 e. The fraction of sp³-hybridized carbons (Fsp3) is 0.514. The van der Waals surface area contributed by atoms with Gasteiger partial charge in [0.2, 0.25) is 0 Å². The van der Waals surface area contributed by atoms with E-state index in [1.807, 2.05) is 54.6 Å². The van der Waals surface area contributed by atoms with Crippen molar-refractivity contribution in [2.75, 3.05) is 50.9 Å². The van der Waals surface area contributed by atoms with Crippen molar-refractivity contribution in [1.82, 2.24) is 25.5 Å². The Kier molecular flexibility index (Phi) is 16.8. The highest BCUT2D eigenvalue weighted by Crippen LogP contribution is 2.28. The van der Waals surface area contributed by atoms with E-state index < -0.39 is 30.5 Å². The normalized spacial score (nSPS) is 17.8. The number of aliphatic hydroxyl groups excluding tert-OH is 2. The molecular formula is C37H53ClN8O6. The van der Waals surface area contributed by atoms with Crippen molar-refractivity contribution in [3.05, 3.63) is 76.6 Å². The number of nitrogens with two attached hydrogens (primary N) is 2. The van der Waals surface area contributed by atoms with Crippen molar-refractivity contribution < 1.29 is 29.2 Å². The molecule has 4 atom stereocenters. The number of nitrogens with zero attached hydrogens (tertiary/aromatic N) is 3. The van der Waals surface area contributed by atoms with E-state index in [0.29, 0.717) is 32.7 Å². The van der Waals surface area contributed by atoms with Gasteiger partial charge in [0.25, 0.3) is 5.91 Å². The molecular weight excluding hydrogens is 688 g/mol. The van der Waals surface area contributed by atoms with Crippen LogP contribution in [0, 0.1) is 5.41 Å². The molecule has 14 nitrogen and oxygen atoms in total. The van der Waals surface area contributed by atoms with E-state index in [0.717, 1.165) is 61.9 Å². The second-order valence-electron chi connectivity index (χ2n) is 12.9. The fourth-order valence-corrected chi connectivity index (χ4v) is 5.94. The Bertz CT molecular complexity index is 1540. The van der Waals surface area contributed by atoms with Gasteiger partial charge in [0.05, 0.1) is 18.8 Å². The van der Waals surface area contributed by atoms with Crippen LogP contribution in [0.25, 0.3) is 0 Å². The van der Waals surface area contributed by atoms with Gasteiger partial charge in [-0.3, -0.25) is 20.4 Å². The molecule has 0 aliphatic carbocycles. The molecule has 9 N–H and O–H groups in total. The number of carbonyl (C=O) groups is 1. The Balaban J connectivity index is 1.15. The van der Waals surface area contributed by atoms with Crippen molar-refractivity contribution in [3.8, 4) is 5.75 Å². The molecule has 1 amide bonds. The zero-order chi connectivity index (χ0) is 37.3. The quantitative estimate of drug-likeness (QED) is 0.0496. The smallest absolute Gasteiger partial charge is 0.280 e. The highest BCUT2D eigenvalue weighted by Gasteiger charge is 2.33. The number of halogens is 1. The Hall–Kier alpha value is -4.05. The predicted molar refractivity (Wildman–Crippen MR) is 201 cm³/mol. The lowest BCUT2D eigenvalue weighted by Crippen LogP contribution is -2.44. The van der Waals surface area contributed by atoms with Gasteiger partial charge < -0.3 is 41.2 Å². The molecule has 0 radical (unpaired) electrons. The SMILES string of the molecule is CCCCCCN(CCOc1ccc(CCCCNC(=N)NC(=O)c2nc(Cl)c(N)nc2N)cc1)C[C@H](O)C[C@@H]1OC(c2ccccc2)OC[C@H]1O. The molecule has 1 unspecified atom stereocenters. The Morgan fingerprint density at radius 1 is 1.06 bits per heavy atom. The fourth-order valence-electron chi connectivity index (χ4n) is 5.81. The van der Waals surface area contributed by atoms with Crippen LogP contribution in [-0.2, 0) is 15.9 Å². The number of unbranched alkanes of at least 4 members (excludes halogenated alkanes) is 4. The Labute approximate surface area is 310 Å². The molecule has 0 saturated carbocycles. The van der Waals surface area contributed by atoms with Gasteiger partial charge in [-0.05, 0) is 49.9 Å². The largest absolute Gasteiger partial charge is 0.492 e. The van der Waals surface area contributed by atoms with Crippen molar-refractivity contribution in [2.45, 2.75) is 82.9 Å². The number of hydrogen-bond acceptors (Lipinski definition) is 12. The number of carbonyl (C=O) groups excluding carboxylic acids is 1. The van der Waals surface area contributed by atoms with Gasteiger partial charge in [-0.25, -0.2) is 9.97 Å². The second-order valence-corrected chi connectivity index (χ2v) is 13.3. The first-order valence-corrected chi connectivity index (χ1v) is 18.3. The van der Waals surface area contributed by atoms with Crippen LogP contribution in [0.4, 0.5) is 11.6 Å². The molecule has 2 aromatic carbocycles. The van der Waals surface area contributed by atoms with E-state index in [1.165, 1.54) is 6.42 Å². The summed E-state index contributed by atoms with van der Waals surface area (Å²) in [6.45, 7) is 5.28. The molecule has 1 fully saturated rings. The number of aromatic nitrogens is 2. The molecule has 1 aliphatic rings. The summed E-state index contributed by atoms with van der Waals surface area (Å²) < 4.78 is 17.8. The number of rotatable bonds is 20. The summed E-state index contributed by atoms with van der Waals surface area (Å²) in [6.07, 6.45) is 4.73. The molecule has 52 heavy (non-hydrogen) atoms. The maximum atomic E-state index is 12.4. The number of ether oxygens (including phenoxy) is 3. The lowest BCUT2D eigenvalue weighted by molar-refractivity contribution is -0.261. The van der Waals surface area contributed by atoms with Gasteiger partial charge in [0.1, 0.15) is 18.5 Å². The maximum absolute atomic E-state index is 12.4. The number of aryl methyl sites for hydroxylation is 1. The summed E-state index contributed by atoms with van der Waals surface area (Å²) in [4.78, 5) is 22.2. The van der Waals surface area contributed by atoms with Gasteiger partial charge >= 0.3 is 0 Å². The van der Waals surface area contributed by atoms with Crippen LogP contribution in [0.2, 0.25) is 5.15 Å². The van der Waals surface area contributed by atoms with Crippen LogP contribution in [0.1, 0.15) is 79.8 Å². The average molecular weight is 741 g/mol. The van der Waals surface area contributed by atoms with Gasteiger partial charge in [-0.15, -0.1) is 0 Å². The summed E-state index contributed by atoms with van der Waals surface area (Å²) in [5, 5.41) is 34.7. The zero-order valence-corrected chi connectivity index (χ0v) is 30.6. The third-order valence-electron chi connectivity index (χ3n) is 8.67. The Morgan fingerprint density at radius 2 is 1.83 bits per heavy atom. The van der Waals surface area contributed by atoms with Crippen LogP contribution in [0.5, 0.6) is 5.75 Å². The first-order valence-electron chi connectivity index (χ1n) is 18.0. The summed E-state index contributed by atoms with van der Waals surface area (Å²) in [7, 11) is 0. The molecule has 0 spiro atoms. The minimum atomic E-state index is -0.802. The van der Waals surface area contributed by atoms with Crippen LogP contribution in [0.3, 0.4) is 0 Å². The number of aliphatic hydroxyl groups is 2. The summed E-state index contributed by atoms with van der Waals surface area (Å²) in [5.74, 6) is -0.357. The zero-order valence-electron chi connectivity index (χ0n) is 29.8.